The number of imidazole rings is 1. The van der Waals surface area contributed by atoms with Crippen molar-refractivity contribution >= 4 is 11.3 Å². The molecule has 1 aliphatic heterocycles. The molecule has 0 bridgehead atoms. The van der Waals surface area contributed by atoms with Gasteiger partial charge in [0.25, 0.3) is 0 Å². The van der Waals surface area contributed by atoms with Gasteiger partial charge in [0.2, 0.25) is 0 Å². The Bertz CT molecular complexity index is 813. The van der Waals surface area contributed by atoms with Crippen molar-refractivity contribution in [2.75, 3.05) is 31.1 Å². The Morgan fingerprint density at radius 1 is 0.958 bits per heavy atom. The lowest BCUT2D eigenvalue weighted by atomic mass is 10.1. The highest BCUT2D eigenvalue weighted by atomic mass is 15.2. The minimum atomic E-state index is 0.884. The lowest BCUT2D eigenvalue weighted by molar-refractivity contribution is 0.588. The molecule has 0 unspecified atom stereocenters. The molecule has 4 nitrogen and oxygen atoms in total. The van der Waals surface area contributed by atoms with Crippen LogP contribution in [0, 0.1) is 0 Å². The molecule has 1 aromatic carbocycles. The number of rotatable bonds is 4. The molecule has 1 aliphatic rings. The first-order valence-electron chi connectivity index (χ1n) is 8.83. The first-order valence-corrected chi connectivity index (χ1v) is 8.83. The van der Waals surface area contributed by atoms with Crippen molar-refractivity contribution in [1.29, 1.82) is 0 Å². The van der Waals surface area contributed by atoms with E-state index in [9.17, 15) is 0 Å². The molecule has 0 atom stereocenters. The van der Waals surface area contributed by atoms with Gasteiger partial charge in [0.05, 0.1) is 11.4 Å². The highest BCUT2D eigenvalue weighted by Crippen LogP contribution is 2.18. The highest BCUT2D eigenvalue weighted by molar-refractivity contribution is 5.53. The van der Waals surface area contributed by atoms with Gasteiger partial charge in [0.1, 0.15) is 5.65 Å². The molecule has 0 aliphatic carbocycles. The molecule has 0 amide bonds. The quantitative estimate of drug-likeness (QED) is 0.802. The van der Waals surface area contributed by atoms with Crippen molar-refractivity contribution in [3.05, 3.63) is 65.6 Å². The molecule has 0 radical (unpaired) electrons. The van der Waals surface area contributed by atoms with Crippen LogP contribution in [0.3, 0.4) is 0 Å². The number of anilines is 1. The van der Waals surface area contributed by atoms with E-state index in [1.165, 1.54) is 16.8 Å². The molecule has 2 aromatic heterocycles. The van der Waals surface area contributed by atoms with Gasteiger partial charge in [-0.2, -0.15) is 0 Å². The predicted octanol–water partition coefficient (Wildman–Crippen LogP) is 2.90. The van der Waals surface area contributed by atoms with Crippen LogP contribution in [0.4, 0.5) is 5.69 Å². The van der Waals surface area contributed by atoms with E-state index in [2.05, 4.69) is 70.3 Å². The Balaban J connectivity index is 1.55. The maximum Gasteiger partial charge on any atom is 0.137 e. The summed E-state index contributed by atoms with van der Waals surface area (Å²) in [4.78, 5) is 7.20. The van der Waals surface area contributed by atoms with Crippen LogP contribution < -0.4 is 10.2 Å². The van der Waals surface area contributed by atoms with Gasteiger partial charge in [-0.25, -0.2) is 4.98 Å². The van der Waals surface area contributed by atoms with Crippen LogP contribution in [-0.4, -0.2) is 35.6 Å². The molecule has 3 aromatic rings. The normalized spacial score (nSPS) is 15.1. The molecular weight excluding hydrogens is 296 g/mol. The average molecular weight is 320 g/mol. The average Bonchev–Trinajstić information content (AvgIpc) is 3.04. The number of aryl methyl sites for hydroxylation is 1. The van der Waals surface area contributed by atoms with Gasteiger partial charge in [-0.1, -0.05) is 31.2 Å². The number of hydrogen-bond acceptors (Lipinski definition) is 3. The van der Waals surface area contributed by atoms with Crippen molar-refractivity contribution in [3.63, 3.8) is 0 Å². The second-order valence-corrected chi connectivity index (χ2v) is 6.47. The maximum atomic E-state index is 4.77. The van der Waals surface area contributed by atoms with Gasteiger partial charge in [0.15, 0.2) is 0 Å². The third-order valence-electron chi connectivity index (χ3n) is 4.78. The summed E-state index contributed by atoms with van der Waals surface area (Å²) in [6.45, 7) is 6.43. The summed E-state index contributed by atoms with van der Waals surface area (Å²) in [6.07, 6.45) is 6.34. The van der Waals surface area contributed by atoms with E-state index in [4.69, 9.17) is 4.98 Å². The molecule has 4 rings (SSSR count). The standard InChI is InChI=1S/C20H24N4/c1-2-16-3-5-17(6-4-16)13-18-14-24-15-19(7-8-20(24)22-18)23-11-9-21-10-12-23/h3-8,14-15,21H,2,9-13H2,1H3. The fraction of sp³-hybridized carbons (Fsp3) is 0.350. The van der Waals surface area contributed by atoms with Gasteiger partial charge < -0.3 is 14.6 Å². The van der Waals surface area contributed by atoms with E-state index >= 15 is 0 Å². The van der Waals surface area contributed by atoms with Crippen molar-refractivity contribution in [2.45, 2.75) is 19.8 Å². The minimum Gasteiger partial charge on any atom is -0.368 e. The molecular formula is C20H24N4. The lowest BCUT2D eigenvalue weighted by Crippen LogP contribution is -2.43. The SMILES string of the molecule is CCc1ccc(Cc2cn3cc(N4CCNCC4)ccc3n2)cc1. The van der Waals surface area contributed by atoms with Crippen LogP contribution in [0.2, 0.25) is 0 Å². The van der Waals surface area contributed by atoms with E-state index < -0.39 is 0 Å². The van der Waals surface area contributed by atoms with Crippen molar-refractivity contribution < 1.29 is 0 Å². The molecule has 3 heterocycles. The van der Waals surface area contributed by atoms with Gasteiger partial charge in [-0.15, -0.1) is 0 Å². The zero-order valence-electron chi connectivity index (χ0n) is 14.2. The zero-order chi connectivity index (χ0) is 16.4. The fourth-order valence-corrected chi connectivity index (χ4v) is 3.33. The number of benzene rings is 1. The molecule has 1 fully saturated rings. The predicted molar refractivity (Wildman–Crippen MR) is 98.9 cm³/mol. The lowest BCUT2D eigenvalue weighted by Gasteiger charge is -2.29. The molecule has 124 valence electrons. The number of fused-ring (bicyclic) bond motifs is 1. The molecule has 1 N–H and O–H groups in total. The number of pyridine rings is 1. The summed E-state index contributed by atoms with van der Waals surface area (Å²) >= 11 is 0. The fourth-order valence-electron chi connectivity index (χ4n) is 3.33. The summed E-state index contributed by atoms with van der Waals surface area (Å²) < 4.78 is 2.16. The van der Waals surface area contributed by atoms with Gasteiger partial charge in [-0.3, -0.25) is 0 Å². The first kappa shape index (κ1) is 15.2. The second-order valence-electron chi connectivity index (χ2n) is 6.47. The van der Waals surface area contributed by atoms with E-state index in [0.717, 1.165) is 50.4 Å². The molecule has 4 heteroatoms. The van der Waals surface area contributed by atoms with Crippen LogP contribution in [-0.2, 0) is 12.8 Å². The Labute approximate surface area is 143 Å². The smallest absolute Gasteiger partial charge is 0.137 e. The Kier molecular flexibility index (Phi) is 4.22. The molecule has 1 saturated heterocycles. The minimum absolute atomic E-state index is 0.884. The van der Waals surface area contributed by atoms with Crippen LogP contribution in [0.5, 0.6) is 0 Å². The van der Waals surface area contributed by atoms with Crippen LogP contribution in [0.15, 0.2) is 48.8 Å². The summed E-state index contributed by atoms with van der Waals surface area (Å²) in [6, 6.07) is 13.2. The Morgan fingerprint density at radius 3 is 2.46 bits per heavy atom. The van der Waals surface area contributed by atoms with E-state index in [-0.39, 0.29) is 0 Å². The van der Waals surface area contributed by atoms with Crippen molar-refractivity contribution in [2.24, 2.45) is 0 Å². The number of piperazine rings is 1. The first-order chi connectivity index (χ1) is 11.8. The van der Waals surface area contributed by atoms with Crippen molar-refractivity contribution in [1.82, 2.24) is 14.7 Å². The molecule has 0 saturated carbocycles. The number of aromatic nitrogens is 2. The maximum absolute atomic E-state index is 4.77. The van der Waals surface area contributed by atoms with Crippen LogP contribution >= 0.6 is 0 Å². The third-order valence-corrected chi connectivity index (χ3v) is 4.78. The van der Waals surface area contributed by atoms with Gasteiger partial charge >= 0.3 is 0 Å². The third kappa shape index (κ3) is 3.15. The van der Waals surface area contributed by atoms with Crippen LogP contribution in [0.25, 0.3) is 5.65 Å². The molecule has 0 spiro atoms. The summed E-state index contributed by atoms with van der Waals surface area (Å²) in [5.41, 5.74) is 6.12. The highest BCUT2D eigenvalue weighted by Gasteiger charge is 2.11. The Morgan fingerprint density at radius 2 is 1.71 bits per heavy atom. The van der Waals surface area contributed by atoms with E-state index in [1.807, 2.05) is 0 Å². The molecule has 24 heavy (non-hydrogen) atoms. The summed E-state index contributed by atoms with van der Waals surface area (Å²) in [5, 5.41) is 3.40. The topological polar surface area (TPSA) is 32.6 Å². The van der Waals surface area contributed by atoms with E-state index in [1.54, 1.807) is 0 Å². The number of nitrogens with zero attached hydrogens (tertiary/aromatic N) is 3. The Hall–Kier alpha value is -2.33. The number of nitrogens with one attached hydrogen (secondary N) is 1. The summed E-state index contributed by atoms with van der Waals surface area (Å²) in [5.74, 6) is 0. The largest absolute Gasteiger partial charge is 0.368 e. The van der Waals surface area contributed by atoms with Crippen molar-refractivity contribution in [3.8, 4) is 0 Å². The van der Waals surface area contributed by atoms with Gasteiger partial charge in [-0.05, 0) is 29.7 Å². The monoisotopic (exact) mass is 320 g/mol. The van der Waals surface area contributed by atoms with Gasteiger partial charge in [0, 0.05) is 45.0 Å². The zero-order valence-corrected chi connectivity index (χ0v) is 14.2. The summed E-state index contributed by atoms with van der Waals surface area (Å²) in [7, 11) is 0. The van der Waals surface area contributed by atoms with E-state index in [0.29, 0.717) is 0 Å². The number of hydrogen-bond donors (Lipinski definition) is 1. The van der Waals surface area contributed by atoms with Crippen LogP contribution in [0.1, 0.15) is 23.7 Å². The second kappa shape index (κ2) is 6.65.